The van der Waals surface area contributed by atoms with Crippen molar-refractivity contribution in [2.24, 2.45) is 0 Å². The summed E-state index contributed by atoms with van der Waals surface area (Å²) in [6.07, 6.45) is 3.86. The molecule has 13 heavy (non-hydrogen) atoms. The van der Waals surface area contributed by atoms with E-state index < -0.39 is 5.97 Å². The zero-order valence-electron chi connectivity index (χ0n) is 7.36. The molecule has 0 radical (unpaired) electrons. The molecule has 0 bridgehead atoms. The van der Waals surface area contributed by atoms with E-state index >= 15 is 0 Å². The average Bonchev–Trinajstić information content (AvgIpc) is 2.89. The molecule has 1 aromatic heterocycles. The van der Waals surface area contributed by atoms with Crippen LogP contribution >= 0.6 is 0 Å². The predicted octanol–water partition coefficient (Wildman–Crippen LogP) is 1.32. The number of hydrogen-bond donors (Lipinski definition) is 1. The third-order valence-electron chi connectivity index (χ3n) is 2.21. The van der Waals surface area contributed by atoms with Gasteiger partial charge in [0.15, 0.2) is 5.69 Å². The fourth-order valence-corrected chi connectivity index (χ4v) is 1.40. The molecule has 4 heteroatoms. The van der Waals surface area contributed by atoms with E-state index in [9.17, 15) is 9.90 Å². The SMILES string of the molecule is COC(=O)c1c(O)ccn1C1CC1. The molecule has 70 valence electrons. The molecular weight excluding hydrogens is 170 g/mol. The molecule has 1 aromatic rings. The third kappa shape index (κ3) is 1.28. The summed E-state index contributed by atoms with van der Waals surface area (Å²) in [6, 6.07) is 1.89. The van der Waals surface area contributed by atoms with E-state index in [2.05, 4.69) is 4.74 Å². The molecule has 1 saturated carbocycles. The summed E-state index contributed by atoms with van der Waals surface area (Å²) in [6.45, 7) is 0. The standard InChI is InChI=1S/C9H11NO3/c1-13-9(12)8-7(11)4-5-10(8)6-2-3-6/h4-6,11H,2-3H2,1H3. The maximum Gasteiger partial charge on any atom is 0.358 e. The van der Waals surface area contributed by atoms with Crippen molar-refractivity contribution in [3.8, 4) is 5.75 Å². The fourth-order valence-electron chi connectivity index (χ4n) is 1.40. The van der Waals surface area contributed by atoms with Crippen LogP contribution in [0.15, 0.2) is 12.3 Å². The minimum atomic E-state index is -0.477. The topological polar surface area (TPSA) is 51.5 Å². The van der Waals surface area contributed by atoms with Gasteiger partial charge in [-0.25, -0.2) is 4.79 Å². The van der Waals surface area contributed by atoms with Crippen molar-refractivity contribution in [3.05, 3.63) is 18.0 Å². The maximum atomic E-state index is 11.2. The van der Waals surface area contributed by atoms with E-state index in [1.165, 1.54) is 13.2 Å². The van der Waals surface area contributed by atoms with Gasteiger partial charge < -0.3 is 14.4 Å². The van der Waals surface area contributed by atoms with Crippen molar-refractivity contribution in [1.82, 2.24) is 4.57 Å². The Morgan fingerprint density at radius 2 is 2.38 bits per heavy atom. The predicted molar refractivity (Wildman–Crippen MR) is 45.7 cm³/mol. The van der Waals surface area contributed by atoms with Gasteiger partial charge in [-0.05, 0) is 18.9 Å². The van der Waals surface area contributed by atoms with Gasteiger partial charge in [-0.3, -0.25) is 0 Å². The zero-order chi connectivity index (χ0) is 9.42. The molecule has 0 unspecified atom stereocenters. The molecule has 1 aliphatic rings. The Labute approximate surface area is 75.7 Å². The lowest BCUT2D eigenvalue weighted by molar-refractivity contribution is 0.0584. The zero-order valence-corrected chi connectivity index (χ0v) is 7.36. The second-order valence-corrected chi connectivity index (χ2v) is 3.18. The molecule has 1 N–H and O–H groups in total. The third-order valence-corrected chi connectivity index (χ3v) is 2.21. The van der Waals surface area contributed by atoms with E-state index in [0.717, 1.165) is 12.8 Å². The van der Waals surface area contributed by atoms with Gasteiger partial charge in [-0.2, -0.15) is 0 Å². The number of methoxy groups -OCH3 is 1. The highest BCUT2D eigenvalue weighted by atomic mass is 16.5. The van der Waals surface area contributed by atoms with Gasteiger partial charge in [-0.1, -0.05) is 0 Å². The minimum absolute atomic E-state index is 0.00116. The van der Waals surface area contributed by atoms with Gasteiger partial charge in [0.25, 0.3) is 0 Å². The van der Waals surface area contributed by atoms with Crippen LogP contribution in [0.2, 0.25) is 0 Å². The lowest BCUT2D eigenvalue weighted by Crippen LogP contribution is -2.09. The molecule has 0 amide bonds. The van der Waals surface area contributed by atoms with Crippen LogP contribution in [-0.4, -0.2) is 22.8 Å². The van der Waals surface area contributed by atoms with E-state index in [1.807, 2.05) is 0 Å². The van der Waals surface area contributed by atoms with E-state index in [-0.39, 0.29) is 11.4 Å². The van der Waals surface area contributed by atoms with Crippen molar-refractivity contribution in [2.75, 3.05) is 7.11 Å². The smallest absolute Gasteiger partial charge is 0.358 e. The van der Waals surface area contributed by atoms with Crippen molar-refractivity contribution in [3.63, 3.8) is 0 Å². The van der Waals surface area contributed by atoms with Gasteiger partial charge in [-0.15, -0.1) is 0 Å². The van der Waals surface area contributed by atoms with Crippen molar-refractivity contribution >= 4 is 5.97 Å². The number of hydrogen-bond acceptors (Lipinski definition) is 3. The number of carbonyl (C=O) groups excluding carboxylic acids is 1. The first-order valence-electron chi connectivity index (χ1n) is 4.22. The summed E-state index contributed by atoms with van der Waals surface area (Å²) in [5, 5.41) is 9.39. The van der Waals surface area contributed by atoms with Gasteiger partial charge in [0.2, 0.25) is 0 Å². The number of rotatable bonds is 2. The molecule has 0 atom stereocenters. The highest BCUT2D eigenvalue weighted by Crippen LogP contribution is 2.38. The Kier molecular flexibility index (Phi) is 1.76. The van der Waals surface area contributed by atoms with Crippen LogP contribution in [0.3, 0.4) is 0 Å². The van der Waals surface area contributed by atoms with Crippen LogP contribution in [0.1, 0.15) is 29.4 Å². The first-order valence-corrected chi connectivity index (χ1v) is 4.22. The number of ether oxygens (including phenoxy) is 1. The van der Waals surface area contributed by atoms with E-state index in [0.29, 0.717) is 6.04 Å². The number of carbonyl (C=O) groups is 1. The normalized spacial score (nSPS) is 15.8. The molecular formula is C9H11NO3. The molecule has 1 fully saturated rings. The lowest BCUT2D eigenvalue weighted by atomic mass is 10.4. The van der Waals surface area contributed by atoms with Crippen LogP contribution in [0, 0.1) is 0 Å². The molecule has 4 nitrogen and oxygen atoms in total. The monoisotopic (exact) mass is 181 g/mol. The molecule has 2 rings (SSSR count). The van der Waals surface area contributed by atoms with E-state index in [4.69, 9.17) is 0 Å². The molecule has 0 saturated heterocycles. The molecule has 0 aromatic carbocycles. The summed E-state index contributed by atoms with van der Waals surface area (Å²) in [5.41, 5.74) is 0.269. The number of esters is 1. The fraction of sp³-hybridized carbons (Fsp3) is 0.444. The number of aromatic nitrogens is 1. The van der Waals surface area contributed by atoms with Crippen LogP contribution in [0.4, 0.5) is 0 Å². The molecule has 0 spiro atoms. The summed E-state index contributed by atoms with van der Waals surface area (Å²) < 4.78 is 6.35. The van der Waals surface area contributed by atoms with Crippen LogP contribution in [0.25, 0.3) is 0 Å². The first kappa shape index (κ1) is 8.16. The first-order chi connectivity index (χ1) is 6.24. The highest BCUT2D eigenvalue weighted by molar-refractivity contribution is 5.90. The Morgan fingerprint density at radius 1 is 1.69 bits per heavy atom. The van der Waals surface area contributed by atoms with Gasteiger partial charge >= 0.3 is 5.97 Å². The van der Waals surface area contributed by atoms with Crippen LogP contribution < -0.4 is 0 Å². The number of aromatic hydroxyl groups is 1. The quantitative estimate of drug-likeness (QED) is 0.700. The lowest BCUT2D eigenvalue weighted by Gasteiger charge is -2.05. The minimum Gasteiger partial charge on any atom is -0.505 e. The summed E-state index contributed by atoms with van der Waals surface area (Å²) in [5.74, 6) is -0.479. The van der Waals surface area contributed by atoms with Gasteiger partial charge in [0.1, 0.15) is 5.75 Å². The van der Waals surface area contributed by atoms with E-state index in [1.54, 1.807) is 10.8 Å². The second kappa shape index (κ2) is 2.80. The Hall–Kier alpha value is -1.45. The molecule has 0 aliphatic heterocycles. The second-order valence-electron chi connectivity index (χ2n) is 3.18. The Morgan fingerprint density at radius 3 is 2.92 bits per heavy atom. The number of nitrogens with zero attached hydrogens (tertiary/aromatic N) is 1. The van der Waals surface area contributed by atoms with Crippen molar-refractivity contribution in [2.45, 2.75) is 18.9 Å². The largest absolute Gasteiger partial charge is 0.505 e. The summed E-state index contributed by atoms with van der Waals surface area (Å²) >= 11 is 0. The van der Waals surface area contributed by atoms with Crippen molar-refractivity contribution < 1.29 is 14.6 Å². The average molecular weight is 181 g/mol. The van der Waals surface area contributed by atoms with Crippen molar-refractivity contribution in [1.29, 1.82) is 0 Å². The maximum absolute atomic E-state index is 11.2. The molecule has 1 aliphatic carbocycles. The van der Waals surface area contributed by atoms with Gasteiger partial charge in [0.05, 0.1) is 7.11 Å². The van der Waals surface area contributed by atoms with Crippen LogP contribution in [-0.2, 0) is 4.74 Å². The Bertz CT molecular complexity index is 339. The molecule has 1 heterocycles. The van der Waals surface area contributed by atoms with Gasteiger partial charge in [0, 0.05) is 12.2 Å². The summed E-state index contributed by atoms with van der Waals surface area (Å²) in [4.78, 5) is 11.2. The summed E-state index contributed by atoms with van der Waals surface area (Å²) in [7, 11) is 1.31. The van der Waals surface area contributed by atoms with Crippen LogP contribution in [0.5, 0.6) is 5.75 Å². The Balaban J connectivity index is 2.39. The highest BCUT2D eigenvalue weighted by Gasteiger charge is 2.29.